The first-order valence-electron chi connectivity index (χ1n) is 7.74. The molecule has 2 heterocycles. The molecule has 2 amide bonds. The van der Waals surface area contributed by atoms with Crippen molar-refractivity contribution in [1.82, 2.24) is 4.90 Å². The maximum atomic E-state index is 12.7. The van der Waals surface area contributed by atoms with E-state index in [-0.39, 0.29) is 17.7 Å². The average molecular weight is 306 g/mol. The summed E-state index contributed by atoms with van der Waals surface area (Å²) in [6, 6.07) is 2.08. The van der Waals surface area contributed by atoms with Crippen molar-refractivity contribution in [2.24, 2.45) is 17.6 Å². The van der Waals surface area contributed by atoms with E-state index in [2.05, 4.69) is 13.0 Å². The maximum Gasteiger partial charge on any atom is 0.263 e. The minimum atomic E-state index is -0.285. The summed E-state index contributed by atoms with van der Waals surface area (Å²) in [6.45, 7) is 3.49. The molecule has 4 nitrogen and oxygen atoms in total. The number of likely N-dealkylation sites (tertiary alicyclic amines) is 1. The highest BCUT2D eigenvalue weighted by atomic mass is 32.1. The van der Waals surface area contributed by atoms with Gasteiger partial charge in [0.1, 0.15) is 0 Å². The van der Waals surface area contributed by atoms with Gasteiger partial charge in [-0.15, -0.1) is 11.3 Å². The molecule has 0 radical (unpaired) electrons. The van der Waals surface area contributed by atoms with Gasteiger partial charge in [-0.05, 0) is 49.7 Å². The smallest absolute Gasteiger partial charge is 0.263 e. The first-order valence-corrected chi connectivity index (χ1v) is 8.56. The number of thiophene rings is 1. The van der Waals surface area contributed by atoms with Crippen LogP contribution in [0.3, 0.4) is 0 Å². The van der Waals surface area contributed by atoms with Crippen LogP contribution in [0.5, 0.6) is 0 Å². The quantitative estimate of drug-likeness (QED) is 0.910. The summed E-state index contributed by atoms with van der Waals surface area (Å²) in [5, 5.41) is 0. The number of aryl methyl sites for hydroxylation is 1. The highest BCUT2D eigenvalue weighted by Crippen LogP contribution is 2.33. The third-order valence-electron chi connectivity index (χ3n) is 4.65. The molecule has 1 aromatic heterocycles. The molecule has 3 rings (SSSR count). The second-order valence-electron chi connectivity index (χ2n) is 6.40. The molecule has 0 bridgehead atoms. The molecular formula is C16H22N2O2S. The molecule has 2 aliphatic rings. The molecule has 1 aromatic rings. The molecule has 2 atom stereocenters. The summed E-state index contributed by atoms with van der Waals surface area (Å²) >= 11 is 1.64. The molecule has 2 unspecified atom stereocenters. The summed E-state index contributed by atoms with van der Waals surface area (Å²) < 4.78 is 0. The summed E-state index contributed by atoms with van der Waals surface area (Å²) in [6.07, 6.45) is 5.06. The minimum absolute atomic E-state index is 0.0769. The molecule has 0 spiro atoms. The van der Waals surface area contributed by atoms with Gasteiger partial charge in [0.25, 0.3) is 5.91 Å². The molecular weight excluding hydrogens is 284 g/mol. The Balaban J connectivity index is 1.74. The van der Waals surface area contributed by atoms with Gasteiger partial charge in [-0.2, -0.15) is 0 Å². The Hall–Kier alpha value is -1.36. The van der Waals surface area contributed by atoms with Crippen molar-refractivity contribution < 1.29 is 9.59 Å². The lowest BCUT2D eigenvalue weighted by atomic mass is 9.90. The van der Waals surface area contributed by atoms with Gasteiger partial charge in [0.2, 0.25) is 5.91 Å². The highest BCUT2D eigenvalue weighted by Gasteiger charge is 2.29. The maximum absolute atomic E-state index is 12.7. The predicted molar refractivity (Wildman–Crippen MR) is 83.3 cm³/mol. The number of amides is 2. The number of nitrogens with two attached hydrogens (primary N) is 1. The van der Waals surface area contributed by atoms with Gasteiger partial charge in [0.15, 0.2) is 0 Å². The zero-order valence-corrected chi connectivity index (χ0v) is 13.2. The Morgan fingerprint density at radius 3 is 2.95 bits per heavy atom. The van der Waals surface area contributed by atoms with Crippen molar-refractivity contribution in [2.75, 3.05) is 13.1 Å². The topological polar surface area (TPSA) is 63.4 Å². The van der Waals surface area contributed by atoms with Crippen molar-refractivity contribution in [2.45, 2.75) is 39.0 Å². The number of rotatable bonds is 2. The summed E-state index contributed by atoms with van der Waals surface area (Å²) in [7, 11) is 0. The van der Waals surface area contributed by atoms with Gasteiger partial charge in [-0.3, -0.25) is 9.59 Å². The van der Waals surface area contributed by atoms with Crippen molar-refractivity contribution >= 4 is 23.2 Å². The number of carbonyl (C=O) groups is 2. The van der Waals surface area contributed by atoms with E-state index in [0.29, 0.717) is 12.5 Å². The van der Waals surface area contributed by atoms with Crippen LogP contribution in [0.15, 0.2) is 6.07 Å². The van der Waals surface area contributed by atoms with Crippen LogP contribution in [0.4, 0.5) is 0 Å². The van der Waals surface area contributed by atoms with Crippen LogP contribution in [0.1, 0.15) is 46.3 Å². The second-order valence-corrected chi connectivity index (χ2v) is 7.54. The summed E-state index contributed by atoms with van der Waals surface area (Å²) in [5.41, 5.74) is 6.74. The van der Waals surface area contributed by atoms with E-state index in [9.17, 15) is 9.59 Å². The van der Waals surface area contributed by atoms with Gasteiger partial charge < -0.3 is 10.6 Å². The SMILES string of the molecule is CC1CCc2sc(C(=O)N3CCCC(C(N)=O)C3)cc2C1. The first kappa shape index (κ1) is 14.6. The molecule has 1 fully saturated rings. The number of fused-ring (bicyclic) bond motifs is 1. The number of piperidine rings is 1. The van der Waals surface area contributed by atoms with Gasteiger partial charge >= 0.3 is 0 Å². The monoisotopic (exact) mass is 306 g/mol. The number of nitrogens with zero attached hydrogens (tertiary/aromatic N) is 1. The lowest BCUT2D eigenvalue weighted by molar-refractivity contribution is -0.123. The third kappa shape index (κ3) is 2.98. The Bertz CT molecular complexity index is 567. The third-order valence-corrected chi connectivity index (χ3v) is 5.88. The Kier molecular flexibility index (Phi) is 4.02. The standard InChI is InChI=1S/C16H22N2O2S/c1-10-4-5-13-12(7-10)8-14(21-13)16(20)18-6-2-3-11(9-18)15(17)19/h8,10-11H,2-7,9H2,1H3,(H2,17,19). The molecule has 2 N–H and O–H groups in total. The number of carbonyl (C=O) groups excluding carboxylic acids is 2. The lowest BCUT2D eigenvalue weighted by Gasteiger charge is -2.30. The van der Waals surface area contributed by atoms with E-state index in [1.165, 1.54) is 16.9 Å². The number of primary amides is 1. The van der Waals surface area contributed by atoms with Crippen molar-refractivity contribution in [3.05, 3.63) is 21.4 Å². The van der Waals surface area contributed by atoms with Gasteiger partial charge in [-0.25, -0.2) is 0 Å². The summed E-state index contributed by atoms with van der Waals surface area (Å²) in [4.78, 5) is 28.0. The fourth-order valence-corrected chi connectivity index (χ4v) is 4.54. The molecule has 0 saturated carbocycles. The Labute approximate surface area is 129 Å². The van der Waals surface area contributed by atoms with E-state index in [0.717, 1.165) is 37.1 Å². The average Bonchev–Trinajstić information content (AvgIpc) is 2.89. The van der Waals surface area contributed by atoms with E-state index < -0.39 is 0 Å². The van der Waals surface area contributed by atoms with Crippen LogP contribution in [-0.4, -0.2) is 29.8 Å². The van der Waals surface area contributed by atoms with Crippen molar-refractivity contribution in [3.63, 3.8) is 0 Å². The van der Waals surface area contributed by atoms with Gasteiger partial charge in [0, 0.05) is 18.0 Å². The first-order chi connectivity index (χ1) is 10.0. The van der Waals surface area contributed by atoms with E-state index in [1.807, 2.05) is 0 Å². The fourth-order valence-electron chi connectivity index (χ4n) is 3.36. The largest absolute Gasteiger partial charge is 0.369 e. The second kappa shape index (κ2) is 5.79. The van der Waals surface area contributed by atoms with Crippen LogP contribution in [-0.2, 0) is 17.6 Å². The van der Waals surface area contributed by atoms with Crippen LogP contribution in [0.25, 0.3) is 0 Å². The van der Waals surface area contributed by atoms with Gasteiger partial charge in [0.05, 0.1) is 10.8 Å². The Morgan fingerprint density at radius 1 is 1.38 bits per heavy atom. The van der Waals surface area contributed by atoms with Crippen LogP contribution >= 0.6 is 11.3 Å². The molecule has 21 heavy (non-hydrogen) atoms. The molecule has 0 aromatic carbocycles. The van der Waals surface area contributed by atoms with E-state index in [4.69, 9.17) is 5.73 Å². The zero-order valence-electron chi connectivity index (χ0n) is 12.4. The van der Waals surface area contributed by atoms with Crippen LogP contribution in [0.2, 0.25) is 0 Å². The molecule has 114 valence electrons. The minimum Gasteiger partial charge on any atom is -0.369 e. The zero-order chi connectivity index (χ0) is 15.0. The van der Waals surface area contributed by atoms with Crippen molar-refractivity contribution in [3.8, 4) is 0 Å². The van der Waals surface area contributed by atoms with Crippen LogP contribution in [0, 0.1) is 11.8 Å². The number of hydrogen-bond donors (Lipinski definition) is 1. The molecule has 1 aliphatic carbocycles. The lowest BCUT2D eigenvalue weighted by Crippen LogP contribution is -2.43. The van der Waals surface area contributed by atoms with E-state index in [1.54, 1.807) is 16.2 Å². The van der Waals surface area contributed by atoms with Crippen molar-refractivity contribution in [1.29, 1.82) is 0 Å². The normalized spacial score (nSPS) is 25.5. The van der Waals surface area contributed by atoms with Gasteiger partial charge in [-0.1, -0.05) is 6.92 Å². The molecule has 5 heteroatoms. The predicted octanol–water partition coefficient (Wildman–Crippen LogP) is 2.21. The van der Waals surface area contributed by atoms with Crippen LogP contribution < -0.4 is 5.73 Å². The molecule has 1 saturated heterocycles. The molecule has 1 aliphatic heterocycles. The highest BCUT2D eigenvalue weighted by molar-refractivity contribution is 7.14. The van der Waals surface area contributed by atoms with E-state index >= 15 is 0 Å². The Morgan fingerprint density at radius 2 is 2.19 bits per heavy atom. The fraction of sp³-hybridized carbons (Fsp3) is 0.625. The number of hydrogen-bond acceptors (Lipinski definition) is 3. The summed E-state index contributed by atoms with van der Waals surface area (Å²) in [5.74, 6) is 0.321.